The van der Waals surface area contributed by atoms with E-state index in [1.54, 1.807) is 0 Å². The van der Waals surface area contributed by atoms with E-state index in [0.29, 0.717) is 0 Å². The standard InChI is InChI=1S/C18H11O.Y/c1-2-7-14(8-3-1)18-12-16-15-9-5-4-6-13(15)10-11-17(16)19-18;/h1-7,9-12H;/q-1;. The van der Waals surface area contributed by atoms with E-state index in [1.807, 2.05) is 30.3 Å². The molecule has 0 saturated carbocycles. The van der Waals surface area contributed by atoms with Gasteiger partial charge in [-0.15, -0.1) is 35.9 Å². The largest absolute Gasteiger partial charge is 0.500 e. The molecule has 4 aromatic rings. The third kappa shape index (κ3) is 2.21. The van der Waals surface area contributed by atoms with Crippen LogP contribution in [-0.2, 0) is 32.7 Å². The van der Waals surface area contributed by atoms with Gasteiger partial charge in [-0.05, 0) is 16.8 Å². The van der Waals surface area contributed by atoms with E-state index < -0.39 is 0 Å². The van der Waals surface area contributed by atoms with Crippen LogP contribution in [0.15, 0.2) is 71.1 Å². The van der Waals surface area contributed by atoms with Gasteiger partial charge in [-0.1, -0.05) is 36.4 Å². The molecule has 0 fully saturated rings. The van der Waals surface area contributed by atoms with Crippen molar-refractivity contribution in [3.05, 3.63) is 72.8 Å². The second kappa shape index (κ2) is 5.51. The van der Waals surface area contributed by atoms with Crippen molar-refractivity contribution in [3.8, 4) is 11.3 Å². The van der Waals surface area contributed by atoms with Crippen LogP contribution in [0.4, 0.5) is 0 Å². The molecule has 0 unspecified atom stereocenters. The van der Waals surface area contributed by atoms with Crippen LogP contribution in [0, 0.1) is 6.07 Å². The Bertz CT molecular complexity index is 862. The molecule has 0 amide bonds. The molecular weight excluding hydrogens is 321 g/mol. The smallest absolute Gasteiger partial charge is 0.121 e. The predicted molar refractivity (Wildman–Crippen MR) is 78.0 cm³/mol. The minimum absolute atomic E-state index is 0. The second-order valence-electron chi connectivity index (χ2n) is 4.59. The third-order valence-corrected chi connectivity index (χ3v) is 3.40. The van der Waals surface area contributed by atoms with Crippen molar-refractivity contribution in [2.45, 2.75) is 0 Å². The Labute approximate surface area is 142 Å². The van der Waals surface area contributed by atoms with E-state index >= 15 is 0 Å². The van der Waals surface area contributed by atoms with Gasteiger partial charge in [0, 0.05) is 38.1 Å². The molecular formula is C18H11OY-. The quantitative estimate of drug-likeness (QED) is 0.445. The number of hydrogen-bond acceptors (Lipinski definition) is 1. The Hall–Kier alpha value is -1.44. The zero-order chi connectivity index (χ0) is 12.7. The Balaban J connectivity index is 0.00000121. The summed E-state index contributed by atoms with van der Waals surface area (Å²) in [6, 6.07) is 25.7. The van der Waals surface area contributed by atoms with Crippen LogP contribution in [0.1, 0.15) is 0 Å². The number of fused-ring (bicyclic) bond motifs is 3. The van der Waals surface area contributed by atoms with Crippen molar-refractivity contribution in [2.24, 2.45) is 0 Å². The summed E-state index contributed by atoms with van der Waals surface area (Å²) < 4.78 is 5.93. The molecule has 93 valence electrons. The summed E-state index contributed by atoms with van der Waals surface area (Å²) in [5.41, 5.74) is 1.91. The van der Waals surface area contributed by atoms with Crippen LogP contribution < -0.4 is 0 Å². The van der Waals surface area contributed by atoms with Gasteiger partial charge in [0.05, 0.1) is 5.76 Å². The van der Waals surface area contributed by atoms with Gasteiger partial charge < -0.3 is 4.42 Å². The summed E-state index contributed by atoms with van der Waals surface area (Å²) in [4.78, 5) is 0. The Morgan fingerprint density at radius 2 is 1.65 bits per heavy atom. The number of benzene rings is 3. The Morgan fingerprint density at radius 1 is 0.800 bits per heavy atom. The van der Waals surface area contributed by atoms with Gasteiger partial charge in [0.1, 0.15) is 5.58 Å². The number of hydrogen-bond donors (Lipinski definition) is 0. The first-order valence-electron chi connectivity index (χ1n) is 6.30. The summed E-state index contributed by atoms with van der Waals surface area (Å²) in [5.74, 6) is 0.868. The molecule has 1 radical (unpaired) electrons. The summed E-state index contributed by atoms with van der Waals surface area (Å²) in [6.45, 7) is 0. The topological polar surface area (TPSA) is 13.1 Å². The maximum Gasteiger partial charge on any atom is 0.121 e. The fraction of sp³-hybridized carbons (Fsp3) is 0. The first-order chi connectivity index (χ1) is 9.42. The molecule has 0 aliphatic rings. The first-order valence-corrected chi connectivity index (χ1v) is 6.30. The SMILES string of the molecule is [Y].[c-]1ccccc1-c1cc2c(ccc3ccccc32)o1. The molecule has 1 nitrogen and oxygen atoms in total. The molecule has 0 saturated heterocycles. The summed E-state index contributed by atoms with van der Waals surface area (Å²) in [6.07, 6.45) is 0. The van der Waals surface area contributed by atoms with Gasteiger partial charge >= 0.3 is 0 Å². The van der Waals surface area contributed by atoms with Crippen LogP contribution in [0.5, 0.6) is 0 Å². The van der Waals surface area contributed by atoms with Crippen LogP contribution in [-0.4, -0.2) is 0 Å². The zero-order valence-corrected chi connectivity index (χ0v) is 13.7. The van der Waals surface area contributed by atoms with Gasteiger partial charge in [0.25, 0.3) is 0 Å². The van der Waals surface area contributed by atoms with E-state index in [-0.39, 0.29) is 32.7 Å². The molecule has 3 aromatic carbocycles. The fourth-order valence-corrected chi connectivity index (χ4v) is 2.47. The maximum absolute atomic E-state index is 5.93. The molecule has 1 aromatic heterocycles. The summed E-state index contributed by atoms with van der Waals surface area (Å²) >= 11 is 0. The molecule has 0 N–H and O–H groups in total. The molecule has 0 atom stereocenters. The Kier molecular flexibility index (Phi) is 3.73. The van der Waals surface area contributed by atoms with E-state index in [0.717, 1.165) is 22.3 Å². The van der Waals surface area contributed by atoms with Gasteiger partial charge in [-0.2, -0.15) is 0 Å². The third-order valence-electron chi connectivity index (χ3n) is 3.40. The van der Waals surface area contributed by atoms with Crippen molar-refractivity contribution in [2.75, 3.05) is 0 Å². The van der Waals surface area contributed by atoms with Gasteiger partial charge in [0.2, 0.25) is 0 Å². The zero-order valence-electron chi connectivity index (χ0n) is 10.8. The maximum atomic E-state index is 5.93. The minimum atomic E-state index is 0. The van der Waals surface area contributed by atoms with Crippen LogP contribution in [0.2, 0.25) is 0 Å². The van der Waals surface area contributed by atoms with Crippen molar-refractivity contribution in [3.63, 3.8) is 0 Å². The monoisotopic (exact) mass is 332 g/mol. The molecule has 2 heteroatoms. The van der Waals surface area contributed by atoms with Crippen LogP contribution >= 0.6 is 0 Å². The Morgan fingerprint density at radius 3 is 2.50 bits per heavy atom. The minimum Gasteiger partial charge on any atom is -0.500 e. The fourth-order valence-electron chi connectivity index (χ4n) is 2.47. The summed E-state index contributed by atoms with van der Waals surface area (Å²) in [7, 11) is 0. The molecule has 1 heterocycles. The van der Waals surface area contributed by atoms with E-state index in [4.69, 9.17) is 4.42 Å². The van der Waals surface area contributed by atoms with E-state index in [1.165, 1.54) is 10.8 Å². The van der Waals surface area contributed by atoms with E-state index in [2.05, 4.69) is 42.5 Å². The van der Waals surface area contributed by atoms with Crippen molar-refractivity contribution >= 4 is 21.7 Å². The molecule has 0 spiro atoms. The molecule has 4 rings (SSSR count). The molecule has 20 heavy (non-hydrogen) atoms. The normalized spacial score (nSPS) is 10.6. The van der Waals surface area contributed by atoms with Crippen molar-refractivity contribution in [1.82, 2.24) is 0 Å². The van der Waals surface area contributed by atoms with Gasteiger partial charge in [0.15, 0.2) is 0 Å². The number of rotatable bonds is 1. The second-order valence-corrected chi connectivity index (χ2v) is 4.59. The summed E-state index contributed by atoms with van der Waals surface area (Å²) in [5, 5.41) is 3.62. The molecule has 0 bridgehead atoms. The van der Waals surface area contributed by atoms with Gasteiger partial charge in [-0.25, -0.2) is 0 Å². The molecule has 0 aliphatic carbocycles. The van der Waals surface area contributed by atoms with Crippen molar-refractivity contribution < 1.29 is 37.1 Å². The van der Waals surface area contributed by atoms with Crippen LogP contribution in [0.25, 0.3) is 33.1 Å². The van der Waals surface area contributed by atoms with E-state index in [9.17, 15) is 0 Å². The average molecular weight is 332 g/mol. The first kappa shape index (κ1) is 13.5. The number of furan rings is 1. The predicted octanol–water partition coefficient (Wildman–Crippen LogP) is 5.05. The van der Waals surface area contributed by atoms with Crippen molar-refractivity contribution in [1.29, 1.82) is 0 Å². The van der Waals surface area contributed by atoms with Crippen LogP contribution in [0.3, 0.4) is 0 Å². The molecule has 0 aliphatic heterocycles. The van der Waals surface area contributed by atoms with Gasteiger partial charge in [-0.3, -0.25) is 0 Å². The average Bonchev–Trinajstić information content (AvgIpc) is 2.93.